The SMILES string of the molecule is N#Cc1ccc(-c2nc(N3CC4CC3CC4N)n3ccnc3c2-c2ccc(OCCCCCCC(=O)NO)c(O)c2)cc1F. The third kappa shape index (κ3) is 5.64. The summed E-state index contributed by atoms with van der Waals surface area (Å²) in [7, 11) is 0. The summed E-state index contributed by atoms with van der Waals surface area (Å²) in [6.07, 6.45) is 8.74. The number of amides is 1. The van der Waals surface area contributed by atoms with Crippen LogP contribution in [-0.2, 0) is 4.79 Å². The molecule has 11 nitrogen and oxygen atoms in total. The van der Waals surface area contributed by atoms with Crippen LogP contribution in [0, 0.1) is 23.1 Å². The fraction of sp³-hybridized carbons (Fsp3) is 0.375. The second-order valence-electron chi connectivity index (χ2n) is 11.5. The fourth-order valence-electron chi connectivity index (χ4n) is 6.41. The number of hydroxylamine groups is 1. The summed E-state index contributed by atoms with van der Waals surface area (Å²) in [5.74, 6) is 0.307. The van der Waals surface area contributed by atoms with E-state index in [0.717, 1.165) is 38.6 Å². The number of nitrogens with two attached hydrogens (primary N) is 1. The van der Waals surface area contributed by atoms with Crippen LogP contribution in [0.4, 0.5) is 10.3 Å². The Labute approximate surface area is 253 Å². The quantitative estimate of drug-likeness (QED) is 0.110. The van der Waals surface area contributed by atoms with Gasteiger partial charge in [0.2, 0.25) is 11.9 Å². The average Bonchev–Trinajstić information content (AvgIpc) is 3.76. The van der Waals surface area contributed by atoms with E-state index in [0.29, 0.717) is 58.7 Å². The number of unbranched alkanes of at least 4 members (excludes halogenated alkanes) is 3. The first-order valence-electron chi connectivity index (χ1n) is 14.9. The van der Waals surface area contributed by atoms with Gasteiger partial charge in [-0.05, 0) is 61.4 Å². The molecule has 0 radical (unpaired) electrons. The van der Waals surface area contributed by atoms with Crippen LogP contribution < -0.4 is 20.9 Å². The molecule has 3 atom stereocenters. The van der Waals surface area contributed by atoms with E-state index in [4.69, 9.17) is 20.7 Å². The van der Waals surface area contributed by atoms with Crippen molar-refractivity contribution in [2.75, 3.05) is 18.1 Å². The molecule has 3 unspecified atom stereocenters. The summed E-state index contributed by atoms with van der Waals surface area (Å²) >= 11 is 0. The number of carbonyl (C=O) groups excluding carboxylic acids is 1. The smallest absolute Gasteiger partial charge is 0.243 e. The molecule has 1 aliphatic heterocycles. The molecular weight excluding hydrogens is 565 g/mol. The van der Waals surface area contributed by atoms with Gasteiger partial charge in [0.1, 0.15) is 17.5 Å². The van der Waals surface area contributed by atoms with Crippen molar-refractivity contribution in [2.24, 2.45) is 11.7 Å². The zero-order valence-corrected chi connectivity index (χ0v) is 24.1. The number of aromatic nitrogens is 3. The van der Waals surface area contributed by atoms with Crippen molar-refractivity contribution in [1.82, 2.24) is 19.8 Å². The van der Waals surface area contributed by atoms with Crippen LogP contribution in [0.3, 0.4) is 0 Å². The van der Waals surface area contributed by atoms with E-state index in [1.807, 2.05) is 22.7 Å². The minimum Gasteiger partial charge on any atom is -0.504 e. The van der Waals surface area contributed by atoms with E-state index in [9.17, 15) is 19.6 Å². The Morgan fingerprint density at radius 2 is 1.98 bits per heavy atom. The van der Waals surface area contributed by atoms with E-state index in [2.05, 4.69) is 9.88 Å². The summed E-state index contributed by atoms with van der Waals surface area (Å²) in [5.41, 5.74) is 10.7. The number of hydrogen-bond donors (Lipinski definition) is 4. The second-order valence-corrected chi connectivity index (χ2v) is 11.5. The van der Waals surface area contributed by atoms with Crippen molar-refractivity contribution in [3.8, 4) is 40.0 Å². The number of benzene rings is 2. The highest BCUT2D eigenvalue weighted by Gasteiger charge is 2.44. The predicted octanol–water partition coefficient (Wildman–Crippen LogP) is 4.54. The normalized spacial score (nSPS) is 19.0. The first kappa shape index (κ1) is 29.3. The van der Waals surface area contributed by atoms with Gasteiger partial charge >= 0.3 is 0 Å². The number of carbonyl (C=O) groups is 1. The minimum absolute atomic E-state index is 0.0568. The number of nitrogens with zero attached hydrogens (tertiary/aromatic N) is 5. The number of ether oxygens (including phenoxy) is 1. The third-order valence-corrected chi connectivity index (χ3v) is 8.67. The Balaban J connectivity index is 1.31. The summed E-state index contributed by atoms with van der Waals surface area (Å²) in [6, 6.07) is 11.8. The number of rotatable bonds is 11. The van der Waals surface area contributed by atoms with Crippen molar-refractivity contribution in [3.05, 3.63) is 60.2 Å². The zero-order valence-electron chi connectivity index (χ0n) is 24.1. The van der Waals surface area contributed by atoms with Crippen molar-refractivity contribution < 1.29 is 24.2 Å². The monoisotopic (exact) mass is 599 g/mol. The van der Waals surface area contributed by atoms with Crippen molar-refractivity contribution in [2.45, 2.75) is 57.0 Å². The predicted molar refractivity (Wildman–Crippen MR) is 161 cm³/mol. The topological polar surface area (TPSA) is 162 Å². The van der Waals surface area contributed by atoms with Gasteiger partial charge in [0, 0.05) is 43.0 Å². The number of nitriles is 1. The number of halogens is 1. The lowest BCUT2D eigenvalue weighted by molar-refractivity contribution is -0.129. The molecule has 2 aromatic carbocycles. The first-order valence-corrected chi connectivity index (χ1v) is 14.9. The standard InChI is InChI=1S/C32H34FN7O4/c33-24-14-20(6-7-21(24)17-34)30-29(19-8-9-27(26(41)15-19)44-12-4-2-1-3-5-28(42)38-43)31-36-10-11-39(31)32(37-30)40-18-22-13-23(40)16-25(22)35/h6-11,14-15,22-23,25,41,43H,1-5,12-13,16,18,35H2,(H,38,42). The Hall–Kier alpha value is -4.73. The molecule has 5 N–H and O–H groups in total. The van der Waals surface area contributed by atoms with E-state index in [1.54, 1.807) is 29.9 Å². The lowest BCUT2D eigenvalue weighted by Crippen LogP contribution is -2.42. The largest absolute Gasteiger partial charge is 0.504 e. The number of phenols is 1. The molecule has 2 fully saturated rings. The van der Waals surface area contributed by atoms with E-state index in [1.165, 1.54) is 12.1 Å². The molecule has 0 spiro atoms. The van der Waals surface area contributed by atoms with Crippen molar-refractivity contribution in [1.29, 1.82) is 5.26 Å². The number of anilines is 1. The Morgan fingerprint density at radius 3 is 2.68 bits per heavy atom. The van der Waals surface area contributed by atoms with Crippen molar-refractivity contribution in [3.63, 3.8) is 0 Å². The van der Waals surface area contributed by atoms with Crippen LogP contribution in [0.2, 0.25) is 0 Å². The van der Waals surface area contributed by atoms with Gasteiger partial charge in [0.25, 0.3) is 0 Å². The van der Waals surface area contributed by atoms with Crippen LogP contribution >= 0.6 is 0 Å². The molecule has 1 saturated carbocycles. The van der Waals surface area contributed by atoms with Gasteiger partial charge in [-0.3, -0.25) is 14.4 Å². The Bertz CT molecular complexity index is 1730. The van der Waals surface area contributed by atoms with Crippen LogP contribution in [-0.4, -0.2) is 55.8 Å². The molecule has 12 heteroatoms. The first-order chi connectivity index (χ1) is 21.4. The fourth-order valence-corrected chi connectivity index (χ4v) is 6.41. The van der Waals surface area contributed by atoms with Gasteiger partial charge in [-0.25, -0.2) is 19.8 Å². The lowest BCUT2D eigenvalue weighted by atomic mass is 9.98. The molecular formula is C32H34FN7O4. The lowest BCUT2D eigenvalue weighted by Gasteiger charge is -2.31. The molecule has 3 heterocycles. The molecule has 2 aliphatic rings. The molecule has 1 amide bonds. The number of phenolic OH excluding ortho intramolecular Hbond substituents is 1. The van der Waals surface area contributed by atoms with Gasteiger partial charge in [0.15, 0.2) is 11.5 Å². The maximum Gasteiger partial charge on any atom is 0.243 e. The Kier molecular flexibility index (Phi) is 8.32. The molecule has 2 aromatic heterocycles. The maximum atomic E-state index is 14.9. The number of fused-ring (bicyclic) bond motifs is 3. The number of hydrogen-bond acceptors (Lipinski definition) is 9. The second kappa shape index (κ2) is 12.5. The summed E-state index contributed by atoms with van der Waals surface area (Å²) in [5, 5.41) is 28.8. The molecule has 228 valence electrons. The van der Waals surface area contributed by atoms with Crippen LogP contribution in [0.15, 0.2) is 48.8 Å². The number of nitrogens with one attached hydrogen (secondary N) is 1. The van der Waals surface area contributed by atoms with Crippen LogP contribution in [0.5, 0.6) is 11.5 Å². The molecule has 6 rings (SSSR count). The van der Waals surface area contributed by atoms with Crippen LogP contribution in [0.25, 0.3) is 28.0 Å². The number of aromatic hydroxyl groups is 1. The molecule has 2 bridgehead atoms. The Morgan fingerprint density at radius 1 is 1.16 bits per heavy atom. The highest BCUT2D eigenvalue weighted by molar-refractivity contribution is 5.91. The maximum absolute atomic E-state index is 14.9. The van der Waals surface area contributed by atoms with E-state index >= 15 is 0 Å². The minimum atomic E-state index is -0.642. The average molecular weight is 600 g/mol. The third-order valence-electron chi connectivity index (χ3n) is 8.67. The van der Waals surface area contributed by atoms with Gasteiger partial charge in [-0.2, -0.15) is 5.26 Å². The summed E-state index contributed by atoms with van der Waals surface area (Å²) in [4.78, 5) is 23.1. The van der Waals surface area contributed by atoms with Gasteiger partial charge < -0.3 is 20.5 Å². The van der Waals surface area contributed by atoms with Crippen molar-refractivity contribution >= 4 is 17.5 Å². The number of piperidine rings is 1. The molecule has 1 saturated heterocycles. The van der Waals surface area contributed by atoms with Crippen LogP contribution in [0.1, 0.15) is 50.5 Å². The van der Waals surface area contributed by atoms with Gasteiger partial charge in [0.05, 0.1) is 23.4 Å². The van der Waals surface area contributed by atoms with Gasteiger partial charge in [-0.15, -0.1) is 0 Å². The number of imidazole rings is 1. The highest BCUT2D eigenvalue weighted by atomic mass is 19.1. The highest BCUT2D eigenvalue weighted by Crippen LogP contribution is 2.43. The summed E-state index contributed by atoms with van der Waals surface area (Å²) < 4.78 is 22.6. The summed E-state index contributed by atoms with van der Waals surface area (Å²) in [6.45, 7) is 1.16. The zero-order chi connectivity index (χ0) is 30.8. The molecule has 1 aliphatic carbocycles. The molecule has 44 heavy (non-hydrogen) atoms. The van der Waals surface area contributed by atoms with Gasteiger partial charge in [-0.1, -0.05) is 25.0 Å². The van der Waals surface area contributed by atoms with E-state index < -0.39 is 11.7 Å². The van der Waals surface area contributed by atoms with E-state index in [-0.39, 0.29) is 29.8 Å². The molecule has 4 aromatic rings.